The normalized spacial score (nSPS) is 26.6. The van der Waals surface area contributed by atoms with Gasteiger partial charge in [0, 0.05) is 51.4 Å². The van der Waals surface area contributed by atoms with Crippen LogP contribution in [0.25, 0.3) is 0 Å². The van der Waals surface area contributed by atoms with Crippen molar-refractivity contribution in [3.05, 3.63) is 108 Å². The summed E-state index contributed by atoms with van der Waals surface area (Å²) in [5.74, 6) is -4.89. The molecule has 12 heteroatoms. The Bertz CT molecular complexity index is 1630. The van der Waals surface area contributed by atoms with Crippen LogP contribution >= 0.6 is 0 Å². The van der Waals surface area contributed by atoms with Crippen LogP contribution in [0.3, 0.4) is 0 Å². The number of carbonyl (C=O) groups is 3. The van der Waals surface area contributed by atoms with Crippen molar-refractivity contribution in [3.63, 3.8) is 0 Å². The summed E-state index contributed by atoms with van der Waals surface area (Å²) in [4.78, 5) is 39.1. The highest BCUT2D eigenvalue weighted by molar-refractivity contribution is 6.21. The Morgan fingerprint density at radius 1 is 1.05 bits per heavy atom. The van der Waals surface area contributed by atoms with Crippen LogP contribution in [-0.4, -0.2) is 112 Å². The minimum atomic E-state index is -1.85. The van der Waals surface area contributed by atoms with Gasteiger partial charge in [0.05, 0.1) is 36.4 Å². The minimum absolute atomic E-state index is 0.0999. The molecular weight excluding hydrogens is 716 g/mol. The number of likely N-dealkylation sites (tertiary alicyclic amines) is 1. The standard InChI is InChI=1S/C44H64N2O10/c1-10-12-16-24-36-43(6,7)35(49)28-44(54,56-36)32(11-2)41(52)45-26-20-19-22-30(4)40(55-9)31(5)39(51)34(48)23-18-15-13-14-17-21-29(3)38(50)37-33(47)25-27-46(8)42(37)53/h10,12-24,31-32,34-36,39-40,48-51,54H,11,25-28H2,1-9H3,(H,45,52)/b12-10-,15-13+,17-14+,20-19+,23-18+,24-16+,29-21+,30-22+,38-37?/t31?,32?,34?,35-,36-,39?,40?,44-/m0/s1. The molecule has 310 valence electrons. The number of hydrogen-bond acceptors (Lipinski definition) is 10. The molecule has 5 unspecified atom stereocenters. The third-order valence-corrected chi connectivity index (χ3v) is 10.4. The first kappa shape index (κ1) is 48.0. The number of rotatable bonds is 18. The zero-order valence-electron chi connectivity index (χ0n) is 34.4. The van der Waals surface area contributed by atoms with Gasteiger partial charge in [-0.1, -0.05) is 113 Å². The lowest BCUT2D eigenvalue weighted by atomic mass is 9.72. The third kappa shape index (κ3) is 12.9. The van der Waals surface area contributed by atoms with Crippen LogP contribution < -0.4 is 5.32 Å². The molecule has 12 nitrogen and oxygen atoms in total. The molecular formula is C44H64N2O10. The van der Waals surface area contributed by atoms with Crippen molar-refractivity contribution in [1.82, 2.24) is 10.2 Å². The molecule has 2 aliphatic heterocycles. The van der Waals surface area contributed by atoms with Crippen molar-refractivity contribution < 1.29 is 49.4 Å². The van der Waals surface area contributed by atoms with Gasteiger partial charge in [-0.2, -0.15) is 0 Å². The van der Waals surface area contributed by atoms with Crippen molar-refractivity contribution in [2.45, 2.75) is 104 Å². The van der Waals surface area contributed by atoms with E-state index in [4.69, 9.17) is 9.47 Å². The number of nitrogens with one attached hydrogen (secondary N) is 1. The van der Waals surface area contributed by atoms with Crippen molar-refractivity contribution in [3.8, 4) is 0 Å². The van der Waals surface area contributed by atoms with Gasteiger partial charge in [-0.25, -0.2) is 0 Å². The number of Topliss-reactive ketones (excluding diaryl/α,β-unsaturated/α-hetero) is 1. The number of ether oxygens (including phenoxy) is 2. The summed E-state index contributed by atoms with van der Waals surface area (Å²) in [6.45, 7) is 13.1. The Labute approximate surface area is 332 Å². The molecule has 2 saturated heterocycles. The van der Waals surface area contributed by atoms with Gasteiger partial charge in [0.25, 0.3) is 5.91 Å². The monoisotopic (exact) mass is 780 g/mol. The zero-order valence-corrected chi connectivity index (χ0v) is 34.4. The van der Waals surface area contributed by atoms with E-state index in [-0.39, 0.29) is 36.5 Å². The maximum atomic E-state index is 13.2. The molecule has 2 amide bonds. The summed E-state index contributed by atoms with van der Waals surface area (Å²) in [6.07, 6.45) is 19.8. The SMILES string of the molecule is C/C=C\C=C\[C@@H]1O[C@](O)(C(CC)C(=O)NC/C=C/C=C(\C)C(OC)C(C)C(O)C(O)/C=C/C=C/C=C/C=C(\C)C(O)=C2C(=O)CCN(C)C2=O)C[C@H](O)C1(C)C. The Morgan fingerprint density at radius 2 is 1.71 bits per heavy atom. The molecule has 2 heterocycles. The van der Waals surface area contributed by atoms with E-state index in [1.54, 1.807) is 94.7 Å². The second kappa shape index (κ2) is 22.5. The maximum Gasteiger partial charge on any atom is 0.261 e. The van der Waals surface area contributed by atoms with Gasteiger partial charge in [-0.15, -0.1) is 0 Å². The molecule has 0 saturated carbocycles. The lowest BCUT2D eigenvalue weighted by Crippen LogP contribution is -2.60. The van der Waals surface area contributed by atoms with Crippen LogP contribution in [0.15, 0.2) is 108 Å². The fourth-order valence-corrected chi connectivity index (χ4v) is 6.62. The highest BCUT2D eigenvalue weighted by atomic mass is 16.6. The van der Waals surface area contributed by atoms with E-state index in [0.717, 1.165) is 5.57 Å². The van der Waals surface area contributed by atoms with Gasteiger partial charge >= 0.3 is 0 Å². The van der Waals surface area contributed by atoms with E-state index < -0.39 is 65.4 Å². The van der Waals surface area contributed by atoms with Crippen molar-refractivity contribution in [2.75, 3.05) is 27.2 Å². The van der Waals surface area contributed by atoms with E-state index in [0.29, 0.717) is 18.5 Å². The molecule has 0 aliphatic carbocycles. The first-order valence-electron chi connectivity index (χ1n) is 19.2. The smallest absolute Gasteiger partial charge is 0.261 e. The number of hydrogen-bond donors (Lipinski definition) is 6. The van der Waals surface area contributed by atoms with Crippen LogP contribution in [0.1, 0.15) is 67.7 Å². The van der Waals surface area contributed by atoms with Crippen LogP contribution in [0.4, 0.5) is 0 Å². The molecule has 0 aromatic rings. The number of aliphatic hydroxyl groups excluding tert-OH is 4. The molecule has 6 N–H and O–H groups in total. The molecule has 0 aromatic heterocycles. The van der Waals surface area contributed by atoms with E-state index in [1.165, 1.54) is 18.1 Å². The molecule has 0 radical (unpaired) electrons. The highest BCUT2D eigenvalue weighted by Gasteiger charge is 2.54. The fraction of sp³-hybridized carbons (Fsp3) is 0.523. The van der Waals surface area contributed by atoms with Crippen LogP contribution in [0.5, 0.6) is 0 Å². The van der Waals surface area contributed by atoms with E-state index in [9.17, 15) is 39.9 Å². The van der Waals surface area contributed by atoms with E-state index >= 15 is 0 Å². The molecule has 8 atom stereocenters. The quantitative estimate of drug-likeness (QED) is 0.0486. The summed E-state index contributed by atoms with van der Waals surface area (Å²) < 4.78 is 11.8. The first-order chi connectivity index (χ1) is 26.4. The van der Waals surface area contributed by atoms with Crippen LogP contribution in [0.2, 0.25) is 0 Å². The van der Waals surface area contributed by atoms with Crippen LogP contribution in [0, 0.1) is 17.3 Å². The van der Waals surface area contributed by atoms with Gasteiger partial charge in [-0.05, 0) is 38.3 Å². The minimum Gasteiger partial charge on any atom is -0.507 e. The topological polar surface area (TPSA) is 186 Å². The predicted octanol–water partition coefficient (Wildman–Crippen LogP) is 4.86. The lowest BCUT2D eigenvalue weighted by Gasteiger charge is -2.50. The van der Waals surface area contributed by atoms with Gasteiger partial charge in [0.15, 0.2) is 11.6 Å². The maximum absolute atomic E-state index is 13.2. The number of likely N-dealkylation sites (N-methyl/N-ethyl adjacent to an activating group) is 1. The van der Waals surface area contributed by atoms with Gasteiger partial charge in [-0.3, -0.25) is 14.4 Å². The second-order valence-corrected chi connectivity index (χ2v) is 15.0. The van der Waals surface area contributed by atoms with E-state index in [1.807, 2.05) is 39.8 Å². The Balaban J connectivity index is 1.96. The average Bonchev–Trinajstić information content (AvgIpc) is 3.14. The number of ketones is 1. The van der Waals surface area contributed by atoms with Gasteiger partial charge in [0.1, 0.15) is 11.3 Å². The lowest BCUT2D eigenvalue weighted by molar-refractivity contribution is -0.314. The molecule has 2 rings (SSSR count). The number of piperidine rings is 1. The zero-order chi connectivity index (χ0) is 42.2. The fourth-order valence-electron chi connectivity index (χ4n) is 6.62. The summed E-state index contributed by atoms with van der Waals surface area (Å²) in [5.41, 5.74) is 0.270. The molecule has 0 spiro atoms. The molecule has 0 aromatic carbocycles. The highest BCUT2D eigenvalue weighted by Crippen LogP contribution is 2.44. The summed E-state index contributed by atoms with van der Waals surface area (Å²) in [5, 5.41) is 57.3. The largest absolute Gasteiger partial charge is 0.507 e. The van der Waals surface area contributed by atoms with Crippen LogP contribution in [-0.2, 0) is 23.9 Å². The van der Waals surface area contributed by atoms with Crippen molar-refractivity contribution >= 4 is 17.6 Å². The number of methoxy groups -OCH3 is 1. The average molecular weight is 781 g/mol. The van der Waals surface area contributed by atoms with Gasteiger partial charge in [0.2, 0.25) is 5.91 Å². The first-order valence-corrected chi connectivity index (χ1v) is 19.2. The number of nitrogens with zero attached hydrogens (tertiary/aromatic N) is 1. The number of amides is 2. The summed E-state index contributed by atoms with van der Waals surface area (Å²) in [7, 11) is 3.10. The van der Waals surface area contributed by atoms with Crippen molar-refractivity contribution in [2.24, 2.45) is 17.3 Å². The predicted molar refractivity (Wildman–Crippen MR) is 218 cm³/mol. The molecule has 2 fully saturated rings. The molecule has 0 bridgehead atoms. The van der Waals surface area contributed by atoms with E-state index in [2.05, 4.69) is 5.32 Å². The number of allylic oxidation sites excluding steroid dienone is 12. The molecule has 56 heavy (non-hydrogen) atoms. The Kier molecular flexibility index (Phi) is 19.3. The van der Waals surface area contributed by atoms with Crippen molar-refractivity contribution in [1.29, 1.82) is 0 Å². The van der Waals surface area contributed by atoms with Gasteiger partial charge < -0.3 is 45.2 Å². The number of carbonyl (C=O) groups excluding carboxylic acids is 3. The Morgan fingerprint density at radius 3 is 2.36 bits per heavy atom. The molecule has 2 aliphatic rings. The number of aliphatic hydroxyl groups is 5. The summed E-state index contributed by atoms with van der Waals surface area (Å²) in [6, 6.07) is 0. The second-order valence-electron chi connectivity index (χ2n) is 15.0. The summed E-state index contributed by atoms with van der Waals surface area (Å²) >= 11 is 0. The third-order valence-electron chi connectivity index (χ3n) is 10.4. The Hall–Kier alpha value is -4.17.